The van der Waals surface area contributed by atoms with E-state index >= 15 is 0 Å². The minimum Gasteiger partial charge on any atom is -0.478 e. The van der Waals surface area contributed by atoms with Crippen molar-refractivity contribution >= 4 is 41.2 Å². The second-order valence-electron chi connectivity index (χ2n) is 8.94. The van der Waals surface area contributed by atoms with E-state index in [9.17, 15) is 34.2 Å². The Bertz CT molecular complexity index is 1750. The predicted molar refractivity (Wildman–Crippen MR) is 152 cm³/mol. The van der Waals surface area contributed by atoms with E-state index in [-0.39, 0.29) is 34.4 Å². The van der Waals surface area contributed by atoms with Crippen molar-refractivity contribution in [1.29, 1.82) is 0 Å². The molecule has 4 rings (SSSR count). The summed E-state index contributed by atoms with van der Waals surface area (Å²) in [6.45, 7) is -0.275. The lowest BCUT2D eigenvalue weighted by atomic mass is 10.0. The molecule has 0 unspecified atom stereocenters. The van der Waals surface area contributed by atoms with Gasteiger partial charge in [-0.15, -0.1) is 4.99 Å². The van der Waals surface area contributed by atoms with Gasteiger partial charge in [-0.05, 0) is 84.4 Å². The molecule has 0 atom stereocenters. The summed E-state index contributed by atoms with van der Waals surface area (Å²) in [5.41, 5.74) is 4.35. The normalized spacial score (nSPS) is 10.4. The second-order valence-corrected chi connectivity index (χ2v) is 8.94. The maximum atomic E-state index is 12.4. The van der Waals surface area contributed by atoms with Crippen molar-refractivity contribution in [1.82, 2.24) is 0 Å². The first-order chi connectivity index (χ1) is 21.5. The highest BCUT2D eigenvalue weighted by Crippen LogP contribution is 2.25. The number of carboxylic acid groups (broad SMARTS) is 4. The molecule has 4 aromatic rings. The number of rotatable bonds is 14. The van der Waals surface area contributed by atoms with Crippen molar-refractivity contribution in [2.75, 3.05) is 11.0 Å². The molecule has 15 heteroatoms. The molecule has 0 aromatic heterocycles. The summed E-state index contributed by atoms with van der Waals surface area (Å²) in [5.74, 6) is -5.57. The largest absolute Gasteiger partial charge is 0.478 e. The van der Waals surface area contributed by atoms with Gasteiger partial charge in [0.1, 0.15) is 18.1 Å². The molecule has 0 amide bonds. The van der Waals surface area contributed by atoms with E-state index in [1.165, 1.54) is 24.3 Å². The van der Waals surface area contributed by atoms with Gasteiger partial charge >= 0.3 is 29.8 Å². The first kappa shape index (κ1) is 31.5. The topological polar surface area (TPSA) is 227 Å². The second kappa shape index (κ2) is 14.1. The first-order valence-corrected chi connectivity index (χ1v) is 12.6. The summed E-state index contributed by atoms with van der Waals surface area (Å²) < 4.78 is 5.76. The molecule has 15 nitrogen and oxygen atoms in total. The molecule has 0 spiro atoms. The van der Waals surface area contributed by atoms with Crippen LogP contribution in [0.25, 0.3) is 0 Å². The molecule has 0 aliphatic heterocycles. The Hall–Kier alpha value is -6.45. The zero-order valence-corrected chi connectivity index (χ0v) is 22.8. The number of hydrogen-bond acceptors (Lipinski definition) is 11. The van der Waals surface area contributed by atoms with Crippen LogP contribution in [-0.2, 0) is 21.3 Å². The quantitative estimate of drug-likeness (QED) is 0.0625. The number of ether oxygens (including phenoxy) is 1. The van der Waals surface area contributed by atoms with Crippen molar-refractivity contribution in [3.8, 4) is 11.5 Å². The molecule has 4 aromatic carbocycles. The summed E-state index contributed by atoms with van der Waals surface area (Å²) in [4.78, 5) is 72.3. The fourth-order valence-electron chi connectivity index (χ4n) is 3.72. The standard InChI is InChI=1S/C30H22N2O13/c33-26(34)16-1-2-18(24(13-16)28(37)38)15-42-45-32-20-6-10-22(11-7-20)43-21-8-4-19(5-9-21)31-44-30(41)23-12-3-17(27(35)36)14-25(23)29(39)40/h1-14,31-32H,15H2,(H,33,34)(H,35,36)(H,37,38)(H,39,40). The number of hydrogen-bond donors (Lipinski definition) is 6. The molecule has 0 bridgehead atoms. The molecule has 0 saturated heterocycles. The molecule has 230 valence electrons. The molecule has 0 heterocycles. The molecular weight excluding hydrogens is 596 g/mol. The molecule has 6 N–H and O–H groups in total. The number of carboxylic acids is 4. The van der Waals surface area contributed by atoms with Gasteiger partial charge in [0, 0.05) is 0 Å². The zero-order chi connectivity index (χ0) is 32.5. The van der Waals surface area contributed by atoms with Gasteiger partial charge in [-0.1, -0.05) is 6.07 Å². The van der Waals surface area contributed by atoms with E-state index in [1.807, 2.05) is 0 Å². The van der Waals surface area contributed by atoms with Crippen LogP contribution in [0.15, 0.2) is 84.9 Å². The highest BCUT2D eigenvalue weighted by Gasteiger charge is 2.21. The third-order valence-corrected chi connectivity index (χ3v) is 5.94. The zero-order valence-electron chi connectivity index (χ0n) is 22.8. The highest BCUT2D eigenvalue weighted by atomic mass is 17.3. The molecule has 45 heavy (non-hydrogen) atoms. The van der Waals surface area contributed by atoms with Crippen LogP contribution >= 0.6 is 0 Å². The molecule has 0 radical (unpaired) electrons. The Morgan fingerprint density at radius 2 is 1.07 bits per heavy atom. The molecule has 0 aliphatic carbocycles. The van der Waals surface area contributed by atoms with Crippen molar-refractivity contribution in [2.45, 2.75) is 6.61 Å². The van der Waals surface area contributed by atoms with Crippen LogP contribution in [-0.4, -0.2) is 50.3 Å². The molecule has 0 aliphatic rings. The van der Waals surface area contributed by atoms with Crippen LogP contribution in [0.2, 0.25) is 0 Å². The Kier molecular flexibility index (Phi) is 9.90. The van der Waals surface area contributed by atoms with E-state index in [0.717, 1.165) is 24.3 Å². The number of anilines is 2. The van der Waals surface area contributed by atoms with Gasteiger partial charge in [-0.25, -0.2) is 39.8 Å². The number of carbonyl (C=O) groups is 5. The average molecular weight is 619 g/mol. The Labute approximate surface area is 252 Å². The van der Waals surface area contributed by atoms with Crippen molar-refractivity contribution in [3.63, 3.8) is 0 Å². The van der Waals surface area contributed by atoms with Crippen LogP contribution in [0.1, 0.15) is 57.4 Å². The maximum Gasteiger partial charge on any atom is 0.363 e. The number of aromatic carboxylic acids is 4. The van der Waals surface area contributed by atoms with E-state index < -0.39 is 35.4 Å². The summed E-state index contributed by atoms with van der Waals surface area (Å²) in [6.07, 6.45) is 0. The number of nitrogens with one attached hydrogen (secondary N) is 2. The minimum absolute atomic E-state index is 0.174. The van der Waals surface area contributed by atoms with Crippen molar-refractivity contribution in [3.05, 3.63) is 118 Å². The summed E-state index contributed by atoms with van der Waals surface area (Å²) in [5, 5.41) is 36.7. The Balaban J connectivity index is 1.25. The van der Waals surface area contributed by atoms with Crippen molar-refractivity contribution < 1.29 is 63.8 Å². The molecule has 0 fully saturated rings. The van der Waals surface area contributed by atoms with Gasteiger partial charge in [0.2, 0.25) is 0 Å². The SMILES string of the molecule is O=C(O)c1ccc(COONc2ccc(Oc3ccc(NOC(=O)c4ccc(C(=O)O)cc4C(=O)O)cc3)cc2)c(C(=O)O)c1. The highest BCUT2D eigenvalue weighted by molar-refractivity contribution is 6.04. The van der Waals surface area contributed by atoms with Crippen LogP contribution in [0.3, 0.4) is 0 Å². The minimum atomic E-state index is -1.49. The van der Waals surface area contributed by atoms with Gasteiger partial charge in [0.05, 0.1) is 39.2 Å². The third-order valence-electron chi connectivity index (χ3n) is 5.94. The Morgan fingerprint density at radius 3 is 1.60 bits per heavy atom. The van der Waals surface area contributed by atoms with E-state index in [4.69, 9.17) is 29.7 Å². The van der Waals surface area contributed by atoms with E-state index in [1.54, 1.807) is 36.4 Å². The van der Waals surface area contributed by atoms with Crippen molar-refractivity contribution in [2.24, 2.45) is 0 Å². The fraction of sp³-hybridized carbons (Fsp3) is 0.0333. The predicted octanol–water partition coefficient (Wildman–Crippen LogP) is 4.93. The van der Waals surface area contributed by atoms with Crippen LogP contribution in [0, 0.1) is 0 Å². The average Bonchev–Trinajstić information content (AvgIpc) is 3.02. The monoisotopic (exact) mass is 618 g/mol. The van der Waals surface area contributed by atoms with Gasteiger partial charge < -0.3 is 30.0 Å². The van der Waals surface area contributed by atoms with E-state index in [0.29, 0.717) is 22.9 Å². The third kappa shape index (κ3) is 8.31. The van der Waals surface area contributed by atoms with Gasteiger partial charge in [0.15, 0.2) is 0 Å². The van der Waals surface area contributed by atoms with Gasteiger partial charge in [-0.3, -0.25) is 0 Å². The van der Waals surface area contributed by atoms with Gasteiger partial charge in [0.25, 0.3) is 0 Å². The lowest BCUT2D eigenvalue weighted by molar-refractivity contribution is -0.282. The lowest BCUT2D eigenvalue weighted by Gasteiger charge is -2.11. The van der Waals surface area contributed by atoms with Crippen LogP contribution < -0.4 is 15.7 Å². The first-order valence-electron chi connectivity index (χ1n) is 12.6. The Morgan fingerprint density at radius 1 is 0.556 bits per heavy atom. The summed E-state index contributed by atoms with van der Waals surface area (Å²) >= 11 is 0. The lowest BCUT2D eigenvalue weighted by Crippen LogP contribution is -2.16. The smallest absolute Gasteiger partial charge is 0.363 e. The number of benzene rings is 4. The molecular formula is C30H22N2O13. The van der Waals surface area contributed by atoms with E-state index in [2.05, 4.69) is 11.0 Å². The summed E-state index contributed by atoms with van der Waals surface area (Å²) in [7, 11) is 0. The van der Waals surface area contributed by atoms with Crippen LogP contribution in [0.5, 0.6) is 11.5 Å². The molecule has 0 saturated carbocycles. The van der Waals surface area contributed by atoms with Gasteiger partial charge in [-0.2, -0.15) is 0 Å². The fourth-order valence-corrected chi connectivity index (χ4v) is 3.72. The maximum absolute atomic E-state index is 12.4. The summed E-state index contributed by atoms with van der Waals surface area (Å²) in [6, 6.07) is 19.2. The number of carbonyl (C=O) groups excluding carboxylic acids is 1. The van der Waals surface area contributed by atoms with Crippen LogP contribution in [0.4, 0.5) is 11.4 Å².